The Morgan fingerprint density at radius 3 is 1.75 bits per heavy atom. The Bertz CT molecular complexity index is 233. The molecular formula is C7H8O5. The van der Waals surface area contributed by atoms with Crippen molar-refractivity contribution in [2.75, 3.05) is 0 Å². The molecule has 0 saturated carbocycles. The van der Waals surface area contributed by atoms with Gasteiger partial charge in [-0.1, -0.05) is 0 Å². The maximum absolute atomic E-state index is 10.0. The Labute approximate surface area is 68.3 Å². The number of carboxylic acid groups (broad SMARTS) is 2. The molecule has 0 unspecified atom stereocenters. The molecule has 0 aromatic rings. The van der Waals surface area contributed by atoms with Crippen molar-refractivity contribution in [3.8, 4) is 0 Å². The Balaban J connectivity index is 4.59. The van der Waals surface area contributed by atoms with E-state index < -0.39 is 17.7 Å². The quantitative estimate of drug-likeness (QED) is 0.328. The highest BCUT2D eigenvalue weighted by Gasteiger charge is 2.01. The molecule has 0 fully saturated rings. The van der Waals surface area contributed by atoms with Crippen molar-refractivity contribution in [2.45, 2.75) is 6.92 Å². The molecule has 0 amide bonds. The molecule has 0 radical (unpaired) electrons. The predicted octanol–water partition coefficient (Wildman–Crippen LogP) is 0.544. The zero-order valence-electron chi connectivity index (χ0n) is 6.31. The second-order valence-corrected chi connectivity index (χ2v) is 2.03. The van der Waals surface area contributed by atoms with Crippen molar-refractivity contribution in [3.05, 3.63) is 23.5 Å². The number of allylic oxidation sites excluding steroid dienone is 1. The highest BCUT2D eigenvalue weighted by Crippen LogP contribution is 2.04. The molecule has 12 heavy (non-hydrogen) atoms. The molecule has 0 aliphatic carbocycles. The standard InChI is InChI=1S/C7H8O5/c1-4(2-6(9)10)5(8)3-7(11)12/h2-3,8H,1H3,(H,9,10)(H,11,12)/b4-2+,5-3-. The normalized spacial score (nSPS) is 12.8. The van der Waals surface area contributed by atoms with Gasteiger partial charge in [-0.2, -0.15) is 0 Å². The minimum absolute atomic E-state index is 0.00935. The van der Waals surface area contributed by atoms with Gasteiger partial charge in [-0.15, -0.1) is 0 Å². The molecule has 5 heteroatoms. The molecular weight excluding hydrogens is 164 g/mol. The van der Waals surface area contributed by atoms with Crippen LogP contribution in [0.15, 0.2) is 23.5 Å². The first-order valence-corrected chi connectivity index (χ1v) is 2.98. The summed E-state index contributed by atoms with van der Waals surface area (Å²) in [5, 5.41) is 25.2. The molecule has 0 aliphatic heterocycles. The van der Waals surface area contributed by atoms with Crippen LogP contribution in [0.3, 0.4) is 0 Å². The number of aliphatic hydroxyl groups is 1. The Kier molecular flexibility index (Phi) is 3.55. The van der Waals surface area contributed by atoms with Gasteiger partial charge in [0.1, 0.15) is 5.76 Å². The Morgan fingerprint density at radius 1 is 1.00 bits per heavy atom. The van der Waals surface area contributed by atoms with Crippen molar-refractivity contribution >= 4 is 11.9 Å². The van der Waals surface area contributed by atoms with E-state index in [1.54, 1.807) is 0 Å². The SMILES string of the molecule is CC(=C\C(=O)O)/C(O)=C/C(=O)O. The zero-order chi connectivity index (χ0) is 9.72. The number of carbonyl (C=O) groups is 2. The van der Waals surface area contributed by atoms with Crippen LogP contribution in [0.2, 0.25) is 0 Å². The molecule has 0 spiro atoms. The molecule has 0 aromatic carbocycles. The van der Waals surface area contributed by atoms with E-state index in [1.165, 1.54) is 6.92 Å². The molecule has 3 N–H and O–H groups in total. The average Bonchev–Trinajstić information content (AvgIpc) is 1.84. The van der Waals surface area contributed by atoms with Crippen LogP contribution in [0.1, 0.15) is 6.92 Å². The summed E-state index contributed by atoms with van der Waals surface area (Å²) in [4.78, 5) is 20.0. The van der Waals surface area contributed by atoms with Gasteiger partial charge in [-0.3, -0.25) is 0 Å². The summed E-state index contributed by atoms with van der Waals surface area (Å²) in [6, 6.07) is 0. The lowest BCUT2D eigenvalue weighted by Crippen LogP contribution is -1.96. The number of aliphatic carboxylic acids is 2. The highest BCUT2D eigenvalue weighted by molar-refractivity contribution is 5.84. The lowest BCUT2D eigenvalue weighted by atomic mass is 10.2. The number of rotatable bonds is 3. The third-order valence-corrected chi connectivity index (χ3v) is 1.00. The first-order chi connectivity index (χ1) is 5.43. The molecule has 5 nitrogen and oxygen atoms in total. The summed E-state index contributed by atoms with van der Waals surface area (Å²) < 4.78 is 0. The second-order valence-electron chi connectivity index (χ2n) is 2.03. The lowest BCUT2D eigenvalue weighted by Gasteiger charge is -1.95. The molecule has 0 rings (SSSR count). The van der Waals surface area contributed by atoms with E-state index in [0.717, 1.165) is 6.08 Å². The third kappa shape index (κ3) is 4.10. The largest absolute Gasteiger partial charge is 0.507 e. The van der Waals surface area contributed by atoms with Gasteiger partial charge in [0.05, 0.1) is 6.08 Å². The van der Waals surface area contributed by atoms with Crippen molar-refractivity contribution in [2.24, 2.45) is 0 Å². The van der Waals surface area contributed by atoms with Gasteiger partial charge >= 0.3 is 11.9 Å². The van der Waals surface area contributed by atoms with Gasteiger partial charge in [0.15, 0.2) is 0 Å². The van der Waals surface area contributed by atoms with Crippen LogP contribution in [-0.2, 0) is 9.59 Å². The van der Waals surface area contributed by atoms with Crippen molar-refractivity contribution in [1.82, 2.24) is 0 Å². The van der Waals surface area contributed by atoms with E-state index in [0.29, 0.717) is 6.08 Å². The maximum Gasteiger partial charge on any atom is 0.332 e. The molecule has 0 atom stereocenters. The highest BCUT2D eigenvalue weighted by atomic mass is 16.4. The van der Waals surface area contributed by atoms with E-state index >= 15 is 0 Å². The number of hydrogen-bond acceptors (Lipinski definition) is 3. The number of aliphatic hydroxyl groups excluding tert-OH is 1. The van der Waals surface area contributed by atoms with Crippen LogP contribution in [0.4, 0.5) is 0 Å². The van der Waals surface area contributed by atoms with Gasteiger partial charge in [0, 0.05) is 6.08 Å². The zero-order valence-corrected chi connectivity index (χ0v) is 6.31. The van der Waals surface area contributed by atoms with Crippen LogP contribution in [0, 0.1) is 0 Å². The fraction of sp³-hybridized carbons (Fsp3) is 0.143. The monoisotopic (exact) mass is 172 g/mol. The first-order valence-electron chi connectivity index (χ1n) is 2.98. The van der Waals surface area contributed by atoms with Crippen molar-refractivity contribution in [1.29, 1.82) is 0 Å². The van der Waals surface area contributed by atoms with Crippen LogP contribution in [0.5, 0.6) is 0 Å². The van der Waals surface area contributed by atoms with E-state index in [4.69, 9.17) is 15.3 Å². The third-order valence-electron chi connectivity index (χ3n) is 1.00. The first kappa shape index (κ1) is 10.2. The Hall–Kier alpha value is -1.78. The fourth-order valence-corrected chi connectivity index (χ4v) is 0.490. The van der Waals surface area contributed by atoms with Gasteiger partial charge in [0.2, 0.25) is 0 Å². The van der Waals surface area contributed by atoms with Crippen LogP contribution in [0.25, 0.3) is 0 Å². The molecule has 0 bridgehead atoms. The van der Waals surface area contributed by atoms with Gasteiger partial charge in [-0.25, -0.2) is 9.59 Å². The van der Waals surface area contributed by atoms with Gasteiger partial charge in [-0.05, 0) is 12.5 Å². The predicted molar refractivity (Wildman–Crippen MR) is 39.7 cm³/mol. The summed E-state index contributed by atoms with van der Waals surface area (Å²) in [7, 11) is 0. The second kappa shape index (κ2) is 4.17. The number of hydrogen-bond donors (Lipinski definition) is 3. The summed E-state index contributed by atoms with van der Waals surface area (Å²) in [6.07, 6.45) is 1.24. The van der Waals surface area contributed by atoms with Gasteiger partial charge < -0.3 is 15.3 Å². The van der Waals surface area contributed by atoms with E-state index in [2.05, 4.69) is 0 Å². The van der Waals surface area contributed by atoms with Crippen molar-refractivity contribution in [3.63, 3.8) is 0 Å². The van der Waals surface area contributed by atoms with E-state index in [9.17, 15) is 9.59 Å². The van der Waals surface area contributed by atoms with Crippen LogP contribution < -0.4 is 0 Å². The van der Waals surface area contributed by atoms with E-state index in [-0.39, 0.29) is 5.57 Å². The maximum atomic E-state index is 10.0. The molecule has 0 heterocycles. The van der Waals surface area contributed by atoms with E-state index in [1.807, 2.05) is 0 Å². The average molecular weight is 172 g/mol. The van der Waals surface area contributed by atoms with Gasteiger partial charge in [0.25, 0.3) is 0 Å². The van der Waals surface area contributed by atoms with Crippen LogP contribution >= 0.6 is 0 Å². The summed E-state index contributed by atoms with van der Waals surface area (Å²) in [6.45, 7) is 1.29. The summed E-state index contributed by atoms with van der Waals surface area (Å²) >= 11 is 0. The minimum atomic E-state index is -1.33. The Morgan fingerprint density at radius 2 is 1.42 bits per heavy atom. The number of carboxylic acids is 2. The topological polar surface area (TPSA) is 94.8 Å². The summed E-state index contributed by atoms with van der Waals surface area (Å²) in [5.41, 5.74) is -0.00935. The fourth-order valence-electron chi connectivity index (χ4n) is 0.490. The van der Waals surface area contributed by atoms with Crippen molar-refractivity contribution < 1.29 is 24.9 Å². The minimum Gasteiger partial charge on any atom is -0.507 e. The molecule has 0 saturated heterocycles. The smallest absolute Gasteiger partial charge is 0.332 e. The molecule has 0 aromatic heterocycles. The lowest BCUT2D eigenvalue weighted by molar-refractivity contribution is -0.132. The summed E-state index contributed by atoms with van der Waals surface area (Å²) in [5.74, 6) is -3.13. The van der Waals surface area contributed by atoms with Crippen LogP contribution in [-0.4, -0.2) is 27.3 Å². The molecule has 0 aliphatic rings. The molecule has 66 valence electrons.